The quantitative estimate of drug-likeness (QED) is 0.531. The lowest BCUT2D eigenvalue weighted by molar-refractivity contribution is 0.489. The van der Waals surface area contributed by atoms with E-state index in [4.69, 9.17) is 4.18 Å². The van der Waals surface area contributed by atoms with Crippen LogP contribution in [0.3, 0.4) is 0 Å². The maximum atomic E-state index is 11.5. The molecule has 0 aliphatic carbocycles. The Morgan fingerprint density at radius 2 is 1.64 bits per heavy atom. The van der Waals surface area contributed by atoms with Crippen molar-refractivity contribution in [3.05, 3.63) is 50.1 Å². The summed E-state index contributed by atoms with van der Waals surface area (Å²) in [6, 6.07) is 8.23. The molecule has 2 aromatic rings. The fourth-order valence-corrected chi connectivity index (χ4v) is 3.86. The molecule has 0 saturated carbocycles. The summed E-state index contributed by atoms with van der Waals surface area (Å²) >= 11 is 2.30. The largest absolute Gasteiger partial charge is 0.382 e. The molecule has 22 heavy (non-hydrogen) atoms. The maximum Gasteiger partial charge on any atom is 0.306 e. The van der Waals surface area contributed by atoms with Gasteiger partial charge < -0.3 is 4.18 Å². The Labute approximate surface area is 146 Å². The first-order chi connectivity index (χ1) is 10.1. The van der Waals surface area contributed by atoms with Gasteiger partial charge in [-0.1, -0.05) is 23.8 Å². The summed E-state index contributed by atoms with van der Waals surface area (Å²) in [4.78, 5) is 0. The molecule has 0 spiro atoms. The molecule has 0 fully saturated rings. The molecule has 0 radical (unpaired) electrons. The van der Waals surface area contributed by atoms with Crippen molar-refractivity contribution < 1.29 is 12.6 Å². The Bertz CT molecular complexity index is 839. The Morgan fingerprint density at radius 3 is 2.23 bits per heavy atom. The summed E-state index contributed by atoms with van der Waals surface area (Å²) in [5, 5.41) is 0. The van der Waals surface area contributed by atoms with Gasteiger partial charge in [0, 0.05) is 9.13 Å². The molecular formula is C17H19IO3S. The second-order valence-electron chi connectivity index (χ2n) is 5.61. The van der Waals surface area contributed by atoms with Crippen LogP contribution in [-0.4, -0.2) is 14.7 Å². The van der Waals surface area contributed by atoms with Crippen LogP contribution in [0.4, 0.5) is 0 Å². The van der Waals surface area contributed by atoms with Crippen LogP contribution in [0, 0.1) is 31.3 Å². The molecule has 118 valence electrons. The molecule has 0 saturated heterocycles. The van der Waals surface area contributed by atoms with Crippen LogP contribution in [0.15, 0.2) is 24.3 Å². The van der Waals surface area contributed by atoms with Crippen molar-refractivity contribution in [2.24, 2.45) is 0 Å². The molecular weight excluding hydrogens is 411 g/mol. The second kappa shape index (κ2) is 6.20. The van der Waals surface area contributed by atoms with Crippen molar-refractivity contribution in [3.63, 3.8) is 0 Å². The first-order valence-corrected chi connectivity index (χ1v) is 9.76. The summed E-state index contributed by atoms with van der Waals surface area (Å²) in [5.74, 6) is 0.431. The van der Waals surface area contributed by atoms with Crippen molar-refractivity contribution in [3.8, 4) is 16.9 Å². The smallest absolute Gasteiger partial charge is 0.306 e. The average molecular weight is 430 g/mol. The first-order valence-electron chi connectivity index (χ1n) is 6.87. The van der Waals surface area contributed by atoms with Crippen LogP contribution in [0.5, 0.6) is 5.75 Å². The molecule has 0 unspecified atom stereocenters. The summed E-state index contributed by atoms with van der Waals surface area (Å²) in [6.07, 6.45) is 1.07. The molecule has 2 aromatic carbocycles. The summed E-state index contributed by atoms with van der Waals surface area (Å²) in [5.41, 5.74) is 6.10. The standard InChI is InChI=1S/C17H19IO3S/c1-10-6-7-15(18)14(8-10)16-11(2)9-12(3)17(13(16)4)21-22(5,19)20/h6-9H,1-5H3. The molecule has 0 heterocycles. The van der Waals surface area contributed by atoms with E-state index in [0.717, 1.165) is 37.6 Å². The Kier molecular flexibility index (Phi) is 4.87. The summed E-state index contributed by atoms with van der Waals surface area (Å²) in [6.45, 7) is 7.87. The van der Waals surface area contributed by atoms with E-state index < -0.39 is 10.1 Å². The molecule has 0 aromatic heterocycles. The lowest BCUT2D eigenvalue weighted by Crippen LogP contribution is -2.09. The minimum atomic E-state index is -3.55. The zero-order valence-corrected chi connectivity index (χ0v) is 16.3. The monoisotopic (exact) mass is 430 g/mol. The van der Waals surface area contributed by atoms with Gasteiger partial charge in [0.1, 0.15) is 5.75 Å². The van der Waals surface area contributed by atoms with Crippen LogP contribution >= 0.6 is 22.6 Å². The van der Waals surface area contributed by atoms with Crippen molar-refractivity contribution >= 4 is 32.7 Å². The van der Waals surface area contributed by atoms with Crippen LogP contribution < -0.4 is 4.18 Å². The topological polar surface area (TPSA) is 43.4 Å². The SMILES string of the molecule is Cc1ccc(I)c(-c2c(C)cc(C)c(OS(C)(=O)=O)c2C)c1. The number of hydrogen-bond acceptors (Lipinski definition) is 3. The van der Waals surface area contributed by atoms with Crippen molar-refractivity contribution in [1.29, 1.82) is 0 Å². The third-order valence-electron chi connectivity index (χ3n) is 3.53. The lowest BCUT2D eigenvalue weighted by atomic mass is 9.92. The minimum Gasteiger partial charge on any atom is -0.382 e. The molecule has 0 atom stereocenters. The Balaban J connectivity index is 2.77. The van der Waals surface area contributed by atoms with Gasteiger partial charge in [0.05, 0.1) is 6.26 Å². The number of rotatable bonds is 3. The average Bonchev–Trinajstić information content (AvgIpc) is 2.37. The van der Waals surface area contributed by atoms with Crippen molar-refractivity contribution in [2.75, 3.05) is 6.26 Å². The van der Waals surface area contributed by atoms with Gasteiger partial charge in [0.25, 0.3) is 0 Å². The number of benzene rings is 2. The molecule has 0 amide bonds. The molecule has 3 nitrogen and oxygen atoms in total. The van der Waals surface area contributed by atoms with Gasteiger partial charge in [0.2, 0.25) is 0 Å². The van der Waals surface area contributed by atoms with E-state index in [1.165, 1.54) is 5.56 Å². The number of halogens is 1. The Hall–Kier alpha value is -1.08. The van der Waals surface area contributed by atoms with Gasteiger partial charge >= 0.3 is 10.1 Å². The molecule has 5 heteroatoms. The fourth-order valence-electron chi connectivity index (χ4n) is 2.69. The fraction of sp³-hybridized carbons (Fsp3) is 0.294. The zero-order valence-electron chi connectivity index (χ0n) is 13.3. The van der Waals surface area contributed by atoms with Crippen LogP contribution in [0.1, 0.15) is 22.3 Å². The predicted molar refractivity (Wildman–Crippen MR) is 99.0 cm³/mol. The van der Waals surface area contributed by atoms with E-state index >= 15 is 0 Å². The first kappa shape index (κ1) is 17.3. The zero-order chi connectivity index (χ0) is 16.7. The highest BCUT2D eigenvalue weighted by Crippen LogP contribution is 2.38. The summed E-state index contributed by atoms with van der Waals surface area (Å²) < 4.78 is 29.4. The van der Waals surface area contributed by atoms with Gasteiger partial charge in [-0.2, -0.15) is 8.42 Å². The minimum absolute atomic E-state index is 0.431. The van der Waals surface area contributed by atoms with Gasteiger partial charge in [-0.05, 0) is 78.6 Å². The lowest BCUT2D eigenvalue weighted by Gasteiger charge is -2.18. The normalized spacial score (nSPS) is 11.5. The highest BCUT2D eigenvalue weighted by Gasteiger charge is 2.18. The van der Waals surface area contributed by atoms with E-state index in [2.05, 4.69) is 40.8 Å². The highest BCUT2D eigenvalue weighted by atomic mass is 127. The van der Waals surface area contributed by atoms with Crippen LogP contribution in [0.2, 0.25) is 0 Å². The van der Waals surface area contributed by atoms with Gasteiger partial charge in [-0.25, -0.2) is 0 Å². The maximum absolute atomic E-state index is 11.5. The molecule has 0 aliphatic heterocycles. The molecule has 0 aliphatic rings. The van der Waals surface area contributed by atoms with Gasteiger partial charge in [0.15, 0.2) is 0 Å². The van der Waals surface area contributed by atoms with E-state index in [9.17, 15) is 8.42 Å². The molecule has 0 bridgehead atoms. The van der Waals surface area contributed by atoms with E-state index in [1.807, 2.05) is 33.8 Å². The third kappa shape index (κ3) is 3.63. The van der Waals surface area contributed by atoms with E-state index in [0.29, 0.717) is 5.75 Å². The number of aryl methyl sites for hydroxylation is 3. The number of hydrogen-bond donors (Lipinski definition) is 0. The van der Waals surface area contributed by atoms with Crippen LogP contribution in [-0.2, 0) is 10.1 Å². The van der Waals surface area contributed by atoms with Crippen LogP contribution in [0.25, 0.3) is 11.1 Å². The van der Waals surface area contributed by atoms with Gasteiger partial charge in [-0.3, -0.25) is 0 Å². The third-order valence-corrected chi connectivity index (χ3v) is 4.94. The van der Waals surface area contributed by atoms with E-state index in [-0.39, 0.29) is 0 Å². The Morgan fingerprint density at radius 1 is 1.00 bits per heavy atom. The molecule has 0 N–H and O–H groups in total. The van der Waals surface area contributed by atoms with Crippen molar-refractivity contribution in [2.45, 2.75) is 27.7 Å². The summed E-state index contributed by atoms with van der Waals surface area (Å²) in [7, 11) is -3.55. The predicted octanol–water partition coefficient (Wildman–Crippen LogP) is 4.53. The highest BCUT2D eigenvalue weighted by molar-refractivity contribution is 14.1. The van der Waals surface area contributed by atoms with Crippen molar-refractivity contribution in [1.82, 2.24) is 0 Å². The van der Waals surface area contributed by atoms with E-state index in [1.54, 1.807) is 0 Å². The van der Waals surface area contributed by atoms with Gasteiger partial charge in [-0.15, -0.1) is 0 Å². The molecule has 2 rings (SSSR count). The second-order valence-corrected chi connectivity index (χ2v) is 8.35.